The van der Waals surface area contributed by atoms with Crippen molar-refractivity contribution in [2.24, 2.45) is 0 Å². The Morgan fingerprint density at radius 3 is 1.53 bits per heavy atom. The van der Waals surface area contributed by atoms with Crippen molar-refractivity contribution in [2.45, 2.75) is 46.5 Å². The number of hydrogen-bond acceptors (Lipinski definition) is 3. The van der Waals surface area contributed by atoms with Crippen molar-refractivity contribution in [3.05, 3.63) is 212 Å². The Morgan fingerprint density at radius 1 is 0.567 bits per heavy atom. The van der Waals surface area contributed by atoms with Crippen LogP contribution < -0.4 is 30.6 Å². The molecule has 0 saturated carbocycles. The number of aryl methyl sites for hydroxylation is 1. The molecule has 9 rings (SSSR count). The van der Waals surface area contributed by atoms with E-state index in [1.807, 2.05) is 30.4 Å². The zero-order valence-corrected chi connectivity index (χ0v) is 35.3. The average molecular weight is 785 g/mol. The first-order chi connectivity index (χ1) is 29.3. The topological polar surface area (TPSA) is 29.5 Å². The highest BCUT2D eigenvalue weighted by Gasteiger charge is 2.39. The third-order valence-corrected chi connectivity index (χ3v) is 12.0. The highest BCUT2D eigenvalue weighted by Crippen LogP contribution is 2.41. The first-order valence-electron chi connectivity index (χ1n) is 21.2. The van der Waals surface area contributed by atoms with Crippen LogP contribution in [-0.4, -0.2) is 12.7 Å². The van der Waals surface area contributed by atoms with E-state index in [0.717, 1.165) is 47.4 Å². The summed E-state index contributed by atoms with van der Waals surface area (Å²) in [6.45, 7) is 13.0. The summed E-state index contributed by atoms with van der Waals surface area (Å²) in [6.07, 6.45) is 4.96. The molecule has 0 bridgehead atoms. The lowest BCUT2D eigenvalue weighted by Crippen LogP contribution is -2.72. The monoisotopic (exact) mass is 784 g/mol. The lowest BCUT2D eigenvalue weighted by molar-refractivity contribution is -0.674. The third kappa shape index (κ3) is 7.84. The smallest absolute Gasteiger partial charge is 0.374 e. The van der Waals surface area contributed by atoms with Crippen LogP contribution in [0.4, 0.5) is 5.69 Å². The average Bonchev–Trinajstić information content (AvgIpc) is 3.84. The minimum Gasteiger partial charge on any atom is -0.439 e. The standard InChI is InChI=1S/C33H29N2O2.C22H24B/c1-3-34-28-22-26(24-12-7-5-8-13-24)18-20-30(28)36-32(34)16-11-17-33-35(4-2)29-23-27(19-21-31(29)37-33)25-14-9-6-10-15-25;1-22(2,3)23(19-13-7-4-8-14-19,20-15-9-5-10-16-20)21-17-11-6-12-18-21/h5-23H,3-4H2,1-2H3;4-18H,1-3H3/q+1;-1. The molecule has 1 aromatic heterocycles. The molecular formula is C55H53BN2O2. The molecular weight excluding hydrogens is 731 g/mol. The van der Waals surface area contributed by atoms with Gasteiger partial charge in [-0.1, -0.05) is 185 Å². The van der Waals surface area contributed by atoms with Gasteiger partial charge in [-0.3, -0.25) is 0 Å². The molecule has 7 aromatic carbocycles. The van der Waals surface area contributed by atoms with Crippen LogP contribution >= 0.6 is 0 Å². The quantitative estimate of drug-likeness (QED) is 0.108. The molecule has 0 aliphatic carbocycles. The van der Waals surface area contributed by atoms with E-state index in [0.29, 0.717) is 0 Å². The van der Waals surface area contributed by atoms with E-state index < -0.39 is 6.15 Å². The van der Waals surface area contributed by atoms with E-state index in [-0.39, 0.29) is 5.31 Å². The molecule has 0 amide bonds. The van der Waals surface area contributed by atoms with Gasteiger partial charge >= 0.3 is 5.89 Å². The first-order valence-corrected chi connectivity index (χ1v) is 21.2. The van der Waals surface area contributed by atoms with Gasteiger partial charge in [0.25, 0.3) is 5.52 Å². The maximum atomic E-state index is 6.22. The number of ether oxygens (including phenoxy) is 1. The molecule has 2 heterocycles. The zero-order chi connectivity index (χ0) is 41.5. The van der Waals surface area contributed by atoms with Crippen LogP contribution in [0.5, 0.6) is 5.75 Å². The van der Waals surface area contributed by atoms with Gasteiger partial charge in [-0.25, -0.2) is 0 Å². The van der Waals surface area contributed by atoms with E-state index in [4.69, 9.17) is 9.15 Å². The van der Waals surface area contributed by atoms with Crippen LogP contribution in [-0.2, 0) is 6.54 Å². The molecule has 4 nitrogen and oxygen atoms in total. The summed E-state index contributed by atoms with van der Waals surface area (Å²) in [5, 5.41) is 0.0874. The van der Waals surface area contributed by atoms with Crippen molar-refractivity contribution in [1.29, 1.82) is 0 Å². The molecule has 8 aromatic rings. The number of anilines is 1. The molecule has 1 aliphatic heterocycles. The normalized spacial score (nSPS) is 13.3. The zero-order valence-electron chi connectivity index (χ0n) is 35.3. The molecule has 0 radical (unpaired) electrons. The van der Waals surface area contributed by atoms with Gasteiger partial charge in [-0.2, -0.15) is 21.0 Å². The van der Waals surface area contributed by atoms with Crippen LogP contribution in [0.1, 0.15) is 40.5 Å². The third-order valence-electron chi connectivity index (χ3n) is 12.0. The van der Waals surface area contributed by atoms with E-state index >= 15 is 0 Å². The predicted octanol–water partition coefficient (Wildman–Crippen LogP) is 11.8. The van der Waals surface area contributed by atoms with Gasteiger partial charge in [0.15, 0.2) is 5.75 Å². The molecule has 5 heteroatoms. The van der Waals surface area contributed by atoms with Gasteiger partial charge in [0.1, 0.15) is 6.54 Å². The van der Waals surface area contributed by atoms with E-state index in [1.165, 1.54) is 38.6 Å². The van der Waals surface area contributed by atoms with Gasteiger partial charge < -0.3 is 14.1 Å². The largest absolute Gasteiger partial charge is 0.439 e. The molecule has 0 saturated heterocycles. The molecule has 1 aliphatic rings. The van der Waals surface area contributed by atoms with Crippen molar-refractivity contribution in [3.63, 3.8) is 0 Å². The van der Waals surface area contributed by atoms with Crippen LogP contribution in [0, 0.1) is 0 Å². The summed E-state index contributed by atoms with van der Waals surface area (Å²) >= 11 is 0. The van der Waals surface area contributed by atoms with Crippen molar-refractivity contribution < 1.29 is 13.7 Å². The van der Waals surface area contributed by atoms with Gasteiger partial charge in [0, 0.05) is 12.6 Å². The fourth-order valence-electron chi connectivity index (χ4n) is 9.24. The number of fused-ring (bicyclic) bond motifs is 2. The summed E-state index contributed by atoms with van der Waals surface area (Å²) < 4.78 is 14.6. The van der Waals surface area contributed by atoms with Gasteiger partial charge in [-0.05, 0) is 66.5 Å². The van der Waals surface area contributed by atoms with Crippen LogP contribution in [0.3, 0.4) is 0 Å². The number of hydrogen-bond donors (Lipinski definition) is 0. The molecule has 0 spiro atoms. The summed E-state index contributed by atoms with van der Waals surface area (Å²) in [7, 11) is 0. The first kappa shape index (κ1) is 40.0. The molecule has 0 N–H and O–H groups in total. The van der Waals surface area contributed by atoms with Crippen molar-refractivity contribution in [2.75, 3.05) is 11.4 Å². The Kier molecular flexibility index (Phi) is 11.7. The predicted molar refractivity (Wildman–Crippen MR) is 254 cm³/mol. The maximum Gasteiger partial charge on any atom is 0.374 e. The number of allylic oxidation sites excluding steroid dienone is 2. The molecule has 0 atom stereocenters. The second-order valence-electron chi connectivity index (χ2n) is 16.5. The molecule has 60 heavy (non-hydrogen) atoms. The fraction of sp³-hybridized carbons (Fsp3) is 0.145. The number of rotatable bonds is 9. The fourth-order valence-corrected chi connectivity index (χ4v) is 9.24. The maximum absolute atomic E-state index is 6.22. The molecule has 0 unspecified atom stereocenters. The van der Waals surface area contributed by atoms with Gasteiger partial charge in [-0.15, -0.1) is 5.31 Å². The Bertz CT molecular complexity index is 2620. The second-order valence-corrected chi connectivity index (χ2v) is 16.5. The number of aromatic nitrogens is 1. The Balaban J connectivity index is 0.000000186. The summed E-state index contributed by atoms with van der Waals surface area (Å²) in [6, 6.07) is 66.5. The van der Waals surface area contributed by atoms with Gasteiger partial charge in [0.05, 0.1) is 17.9 Å². The minimum absolute atomic E-state index is 0.0874. The number of oxazole rings is 1. The lowest BCUT2D eigenvalue weighted by Gasteiger charge is -2.54. The van der Waals surface area contributed by atoms with Crippen LogP contribution in [0.15, 0.2) is 211 Å². The highest BCUT2D eigenvalue weighted by molar-refractivity contribution is 7.13. The Hall–Kier alpha value is -6.85. The summed E-state index contributed by atoms with van der Waals surface area (Å²) in [5.74, 6) is 2.50. The second kappa shape index (κ2) is 17.6. The SMILES string of the molecule is CC(C)(C)[B-](c1ccccc1)(c1ccccc1)c1ccccc1.CCN1/C(=C/C=C/c2oc3ccc(-c4ccccc4)cc3[n+]2CC)Oc2ccc(-c3ccccc3)cc21. The highest BCUT2D eigenvalue weighted by atomic mass is 16.5. The molecule has 298 valence electrons. The minimum atomic E-state index is -1.06. The van der Waals surface area contributed by atoms with Crippen LogP contribution in [0.2, 0.25) is 5.31 Å². The summed E-state index contributed by atoms with van der Waals surface area (Å²) in [4.78, 5) is 2.20. The lowest BCUT2D eigenvalue weighted by atomic mass is 9.07. The van der Waals surface area contributed by atoms with Crippen molar-refractivity contribution in [3.8, 4) is 28.0 Å². The number of benzene rings is 7. The number of nitrogens with zero attached hydrogens (tertiary/aromatic N) is 2. The Labute approximate surface area is 355 Å². The molecule has 0 fully saturated rings. The Morgan fingerprint density at radius 2 is 1.05 bits per heavy atom. The van der Waals surface area contributed by atoms with Crippen LogP contribution in [0.25, 0.3) is 39.4 Å². The van der Waals surface area contributed by atoms with Gasteiger partial charge in [0.2, 0.25) is 11.5 Å². The summed E-state index contributed by atoms with van der Waals surface area (Å²) in [5.41, 5.74) is 12.0. The van der Waals surface area contributed by atoms with Crippen molar-refractivity contribution in [1.82, 2.24) is 0 Å². The van der Waals surface area contributed by atoms with E-state index in [1.54, 1.807) is 0 Å². The van der Waals surface area contributed by atoms with E-state index in [9.17, 15) is 0 Å². The van der Waals surface area contributed by atoms with E-state index in [2.05, 4.69) is 220 Å². The van der Waals surface area contributed by atoms with Crippen molar-refractivity contribution >= 4 is 45.4 Å².